The number of aromatic nitrogens is 2. The van der Waals surface area contributed by atoms with Gasteiger partial charge in [-0.15, -0.1) is 0 Å². The number of nitrogens with one attached hydrogen (secondary N) is 1. The lowest BCUT2D eigenvalue weighted by atomic mass is 10.1. The van der Waals surface area contributed by atoms with Gasteiger partial charge in [-0.1, -0.05) is 24.3 Å². The van der Waals surface area contributed by atoms with Crippen LogP contribution < -0.4 is 5.32 Å². The van der Waals surface area contributed by atoms with E-state index in [2.05, 4.69) is 10.4 Å². The molecule has 0 atom stereocenters. The molecule has 1 fully saturated rings. The maximum absolute atomic E-state index is 12.3. The van der Waals surface area contributed by atoms with Crippen molar-refractivity contribution < 1.29 is 9.59 Å². The molecule has 1 N–H and O–H groups in total. The molecule has 0 spiro atoms. The number of hydrogen-bond acceptors (Lipinski definition) is 3. The molecule has 2 amide bonds. The Hall–Kier alpha value is -2.63. The average Bonchev–Trinajstić information content (AvgIpc) is 3.15. The standard InChI is InChI=1S/C21H28N4O2/c1-15-19(16(2)24(3)23-15)10-11-20(26)22-13-17-7-4-5-8-18(17)14-25-12-6-9-21(25)27/h4-5,7-8H,6,9-14H2,1-3H3,(H,22,26). The lowest BCUT2D eigenvalue weighted by Gasteiger charge is -2.18. The largest absolute Gasteiger partial charge is 0.352 e. The van der Waals surface area contributed by atoms with Gasteiger partial charge in [0.05, 0.1) is 5.69 Å². The molecule has 0 unspecified atom stereocenters. The van der Waals surface area contributed by atoms with Crippen LogP contribution in [-0.2, 0) is 36.1 Å². The summed E-state index contributed by atoms with van der Waals surface area (Å²) in [5.74, 6) is 0.251. The summed E-state index contributed by atoms with van der Waals surface area (Å²) >= 11 is 0. The quantitative estimate of drug-likeness (QED) is 0.816. The maximum atomic E-state index is 12.3. The first kappa shape index (κ1) is 19.1. The zero-order chi connectivity index (χ0) is 19.4. The molecule has 1 aliphatic heterocycles. The van der Waals surface area contributed by atoms with Crippen LogP contribution in [0.4, 0.5) is 0 Å². The van der Waals surface area contributed by atoms with E-state index in [9.17, 15) is 9.59 Å². The number of carbonyl (C=O) groups is 2. The highest BCUT2D eigenvalue weighted by atomic mass is 16.2. The average molecular weight is 368 g/mol. The molecule has 1 aliphatic rings. The summed E-state index contributed by atoms with van der Waals surface area (Å²) in [5, 5.41) is 7.42. The molecule has 6 heteroatoms. The van der Waals surface area contributed by atoms with Crippen LogP contribution >= 0.6 is 0 Å². The van der Waals surface area contributed by atoms with Crippen LogP contribution in [0.2, 0.25) is 0 Å². The Kier molecular flexibility index (Phi) is 5.94. The smallest absolute Gasteiger partial charge is 0.222 e. The molecular formula is C21H28N4O2. The van der Waals surface area contributed by atoms with Gasteiger partial charge in [0.15, 0.2) is 0 Å². The fourth-order valence-electron chi connectivity index (χ4n) is 3.66. The van der Waals surface area contributed by atoms with Crippen molar-refractivity contribution in [1.29, 1.82) is 0 Å². The molecule has 6 nitrogen and oxygen atoms in total. The van der Waals surface area contributed by atoms with Gasteiger partial charge in [-0.2, -0.15) is 5.10 Å². The van der Waals surface area contributed by atoms with Crippen molar-refractivity contribution in [3.63, 3.8) is 0 Å². The second-order valence-corrected chi connectivity index (χ2v) is 7.24. The number of amides is 2. The highest BCUT2D eigenvalue weighted by molar-refractivity contribution is 5.78. The van der Waals surface area contributed by atoms with Gasteiger partial charge < -0.3 is 10.2 Å². The van der Waals surface area contributed by atoms with E-state index in [1.807, 2.05) is 54.7 Å². The van der Waals surface area contributed by atoms with Crippen molar-refractivity contribution in [3.05, 3.63) is 52.3 Å². The van der Waals surface area contributed by atoms with Crippen LogP contribution in [0.25, 0.3) is 0 Å². The van der Waals surface area contributed by atoms with E-state index in [0.29, 0.717) is 32.4 Å². The molecule has 0 bridgehead atoms. The number of rotatable bonds is 7. The molecule has 1 aromatic carbocycles. The minimum atomic E-state index is 0.0321. The van der Waals surface area contributed by atoms with Gasteiger partial charge >= 0.3 is 0 Å². The summed E-state index contributed by atoms with van der Waals surface area (Å²) in [6, 6.07) is 8.01. The monoisotopic (exact) mass is 368 g/mol. The van der Waals surface area contributed by atoms with Crippen molar-refractivity contribution in [1.82, 2.24) is 20.0 Å². The number of nitrogens with zero attached hydrogens (tertiary/aromatic N) is 3. The second kappa shape index (κ2) is 8.37. The first-order valence-electron chi connectivity index (χ1n) is 9.56. The third-order valence-corrected chi connectivity index (χ3v) is 5.39. The van der Waals surface area contributed by atoms with Crippen LogP contribution in [0.5, 0.6) is 0 Å². The third kappa shape index (κ3) is 4.56. The zero-order valence-corrected chi connectivity index (χ0v) is 16.4. The van der Waals surface area contributed by atoms with E-state index >= 15 is 0 Å². The predicted molar refractivity (Wildman–Crippen MR) is 104 cm³/mol. The van der Waals surface area contributed by atoms with Gasteiger partial charge in [0.25, 0.3) is 0 Å². The summed E-state index contributed by atoms with van der Waals surface area (Å²) < 4.78 is 1.86. The van der Waals surface area contributed by atoms with E-state index in [4.69, 9.17) is 0 Å². The van der Waals surface area contributed by atoms with Crippen LogP contribution in [0.1, 0.15) is 47.3 Å². The number of hydrogen-bond donors (Lipinski definition) is 1. The van der Waals surface area contributed by atoms with Crippen molar-refractivity contribution in [2.75, 3.05) is 6.54 Å². The molecule has 3 rings (SSSR count). The van der Waals surface area contributed by atoms with E-state index < -0.39 is 0 Å². The predicted octanol–water partition coefficient (Wildman–Crippen LogP) is 2.41. The summed E-state index contributed by atoms with van der Waals surface area (Å²) in [4.78, 5) is 26.1. The second-order valence-electron chi connectivity index (χ2n) is 7.24. The maximum Gasteiger partial charge on any atom is 0.222 e. The van der Waals surface area contributed by atoms with Gasteiger partial charge in [0.1, 0.15) is 0 Å². The number of likely N-dealkylation sites (tertiary alicyclic amines) is 1. The van der Waals surface area contributed by atoms with Gasteiger partial charge in [-0.05, 0) is 43.4 Å². The van der Waals surface area contributed by atoms with Gasteiger partial charge in [0, 0.05) is 45.2 Å². The Balaban J connectivity index is 1.55. The normalized spacial score (nSPS) is 14.0. The highest BCUT2D eigenvalue weighted by Gasteiger charge is 2.21. The molecule has 0 aliphatic carbocycles. The van der Waals surface area contributed by atoms with Gasteiger partial charge in [-0.3, -0.25) is 14.3 Å². The van der Waals surface area contributed by atoms with Crippen LogP contribution in [-0.4, -0.2) is 33.0 Å². The van der Waals surface area contributed by atoms with Crippen molar-refractivity contribution in [2.45, 2.75) is 52.6 Å². The van der Waals surface area contributed by atoms with E-state index in [0.717, 1.165) is 41.0 Å². The van der Waals surface area contributed by atoms with Crippen LogP contribution in [0.3, 0.4) is 0 Å². The third-order valence-electron chi connectivity index (χ3n) is 5.39. The Morgan fingerprint density at radius 1 is 1.22 bits per heavy atom. The van der Waals surface area contributed by atoms with Crippen molar-refractivity contribution in [2.24, 2.45) is 7.05 Å². The molecule has 2 aromatic rings. The molecule has 0 radical (unpaired) electrons. The lowest BCUT2D eigenvalue weighted by Crippen LogP contribution is -2.27. The Bertz CT molecular complexity index is 841. The lowest BCUT2D eigenvalue weighted by molar-refractivity contribution is -0.128. The summed E-state index contributed by atoms with van der Waals surface area (Å²) in [7, 11) is 1.92. The Morgan fingerprint density at radius 3 is 2.59 bits per heavy atom. The van der Waals surface area contributed by atoms with Crippen LogP contribution in [0.15, 0.2) is 24.3 Å². The molecule has 27 heavy (non-hydrogen) atoms. The molecular weight excluding hydrogens is 340 g/mol. The van der Waals surface area contributed by atoms with Gasteiger partial charge in [-0.25, -0.2) is 0 Å². The van der Waals surface area contributed by atoms with Crippen LogP contribution in [0, 0.1) is 13.8 Å². The van der Waals surface area contributed by atoms with E-state index in [1.165, 1.54) is 0 Å². The van der Waals surface area contributed by atoms with Crippen molar-refractivity contribution in [3.8, 4) is 0 Å². The number of carbonyl (C=O) groups excluding carboxylic acids is 2. The minimum Gasteiger partial charge on any atom is -0.352 e. The SMILES string of the molecule is Cc1nn(C)c(C)c1CCC(=O)NCc1ccccc1CN1CCCC1=O. The minimum absolute atomic E-state index is 0.0321. The first-order valence-corrected chi connectivity index (χ1v) is 9.56. The molecule has 144 valence electrons. The first-order chi connectivity index (χ1) is 13.0. The molecule has 0 saturated carbocycles. The summed E-state index contributed by atoms with van der Waals surface area (Å²) in [5.41, 5.74) is 5.43. The molecule has 1 aromatic heterocycles. The highest BCUT2D eigenvalue weighted by Crippen LogP contribution is 2.17. The van der Waals surface area contributed by atoms with Gasteiger partial charge in [0.2, 0.25) is 11.8 Å². The molecule has 1 saturated heterocycles. The van der Waals surface area contributed by atoms with E-state index in [-0.39, 0.29) is 11.8 Å². The zero-order valence-electron chi connectivity index (χ0n) is 16.4. The Morgan fingerprint density at radius 2 is 1.96 bits per heavy atom. The topological polar surface area (TPSA) is 67.2 Å². The van der Waals surface area contributed by atoms with Crippen molar-refractivity contribution >= 4 is 11.8 Å². The summed E-state index contributed by atoms with van der Waals surface area (Å²) in [6.07, 6.45) is 2.72. The fraction of sp³-hybridized carbons (Fsp3) is 0.476. The Labute approximate surface area is 160 Å². The fourth-order valence-corrected chi connectivity index (χ4v) is 3.66. The molecule has 2 heterocycles. The van der Waals surface area contributed by atoms with E-state index in [1.54, 1.807) is 0 Å². The number of benzene rings is 1. The summed E-state index contributed by atoms with van der Waals surface area (Å²) in [6.45, 7) is 5.95. The number of aryl methyl sites for hydroxylation is 2.